The van der Waals surface area contributed by atoms with Crippen molar-refractivity contribution < 1.29 is 13.3 Å². The Balaban J connectivity index is 1.79. The highest BCUT2D eigenvalue weighted by Gasteiger charge is 2.19. The first-order valence-electron chi connectivity index (χ1n) is 7.37. The van der Waals surface area contributed by atoms with Crippen molar-refractivity contribution in [1.29, 1.82) is 0 Å². The van der Waals surface area contributed by atoms with Crippen molar-refractivity contribution in [2.24, 2.45) is 0 Å². The first-order chi connectivity index (χ1) is 11.0. The standard InChI is InChI=1S/C17H18FN3O2/c1-11(15-7-8-22-20-15)21(3)10-16-12(2)23-17(19-16)13-5-4-6-14(18)9-13/h4-9,11H,10H2,1-3H3/t11-/m0/s1. The molecule has 2 heterocycles. The van der Waals surface area contributed by atoms with Crippen LogP contribution in [0.25, 0.3) is 11.5 Å². The molecule has 6 heteroatoms. The first kappa shape index (κ1) is 15.4. The molecule has 0 saturated heterocycles. The summed E-state index contributed by atoms with van der Waals surface area (Å²) in [5.41, 5.74) is 2.31. The fourth-order valence-electron chi connectivity index (χ4n) is 2.36. The molecular formula is C17H18FN3O2. The predicted octanol–water partition coefficient (Wildman–Crippen LogP) is 3.97. The Hall–Kier alpha value is -2.47. The summed E-state index contributed by atoms with van der Waals surface area (Å²) in [6.07, 6.45) is 1.56. The van der Waals surface area contributed by atoms with Crippen molar-refractivity contribution in [3.63, 3.8) is 0 Å². The fraction of sp³-hybridized carbons (Fsp3) is 0.294. The molecule has 0 N–H and O–H groups in total. The van der Waals surface area contributed by atoms with E-state index in [1.54, 1.807) is 18.4 Å². The number of aromatic nitrogens is 2. The maximum absolute atomic E-state index is 13.3. The summed E-state index contributed by atoms with van der Waals surface area (Å²) in [7, 11) is 1.98. The Kier molecular flexibility index (Phi) is 4.25. The predicted molar refractivity (Wildman–Crippen MR) is 83.0 cm³/mol. The van der Waals surface area contributed by atoms with Gasteiger partial charge in [-0.25, -0.2) is 9.37 Å². The van der Waals surface area contributed by atoms with Gasteiger partial charge < -0.3 is 8.94 Å². The molecule has 3 aromatic rings. The molecule has 0 aliphatic carbocycles. The Morgan fingerprint density at radius 2 is 2.13 bits per heavy atom. The second kappa shape index (κ2) is 6.34. The molecule has 0 aliphatic heterocycles. The summed E-state index contributed by atoms with van der Waals surface area (Å²) in [5.74, 6) is 0.847. The highest BCUT2D eigenvalue weighted by molar-refractivity contribution is 5.53. The van der Waals surface area contributed by atoms with Crippen LogP contribution in [-0.4, -0.2) is 22.1 Å². The third-order valence-electron chi connectivity index (χ3n) is 3.91. The monoisotopic (exact) mass is 315 g/mol. The molecule has 0 radical (unpaired) electrons. The van der Waals surface area contributed by atoms with Crippen LogP contribution in [0.15, 0.2) is 45.5 Å². The average Bonchev–Trinajstić information content (AvgIpc) is 3.17. The lowest BCUT2D eigenvalue weighted by Gasteiger charge is -2.21. The van der Waals surface area contributed by atoms with E-state index in [2.05, 4.69) is 15.0 Å². The van der Waals surface area contributed by atoms with E-state index in [-0.39, 0.29) is 11.9 Å². The number of halogens is 1. The zero-order valence-corrected chi connectivity index (χ0v) is 13.3. The number of aryl methyl sites for hydroxylation is 1. The Bertz CT molecular complexity index is 783. The van der Waals surface area contributed by atoms with Crippen LogP contribution in [0.2, 0.25) is 0 Å². The summed E-state index contributed by atoms with van der Waals surface area (Å²) in [6.45, 7) is 4.50. The van der Waals surface area contributed by atoms with Crippen LogP contribution in [0.3, 0.4) is 0 Å². The van der Waals surface area contributed by atoms with Gasteiger partial charge >= 0.3 is 0 Å². The normalized spacial score (nSPS) is 12.7. The first-order valence-corrected chi connectivity index (χ1v) is 7.37. The van der Waals surface area contributed by atoms with E-state index < -0.39 is 0 Å². The molecule has 0 amide bonds. The van der Waals surface area contributed by atoms with Gasteiger partial charge in [-0.2, -0.15) is 0 Å². The number of rotatable bonds is 5. The molecule has 0 aliphatic rings. The molecule has 0 spiro atoms. The quantitative estimate of drug-likeness (QED) is 0.713. The van der Waals surface area contributed by atoms with Crippen molar-refractivity contribution in [3.8, 4) is 11.5 Å². The number of benzene rings is 1. The fourth-order valence-corrected chi connectivity index (χ4v) is 2.36. The smallest absolute Gasteiger partial charge is 0.226 e. The Labute approximate surface area is 133 Å². The minimum atomic E-state index is -0.309. The summed E-state index contributed by atoms with van der Waals surface area (Å²) >= 11 is 0. The molecular weight excluding hydrogens is 297 g/mol. The van der Waals surface area contributed by atoms with Gasteiger partial charge in [0.05, 0.1) is 11.7 Å². The van der Waals surface area contributed by atoms with Crippen LogP contribution < -0.4 is 0 Å². The number of nitrogens with zero attached hydrogens (tertiary/aromatic N) is 3. The number of oxazole rings is 1. The van der Waals surface area contributed by atoms with Gasteiger partial charge in [-0.3, -0.25) is 4.90 Å². The second-order valence-electron chi connectivity index (χ2n) is 5.55. The van der Waals surface area contributed by atoms with E-state index in [1.165, 1.54) is 12.1 Å². The maximum atomic E-state index is 13.3. The molecule has 1 atom stereocenters. The number of hydrogen-bond donors (Lipinski definition) is 0. The summed E-state index contributed by atoms with van der Waals surface area (Å²) in [6, 6.07) is 8.16. The van der Waals surface area contributed by atoms with Gasteiger partial charge in [-0.05, 0) is 39.1 Å². The summed E-state index contributed by atoms with van der Waals surface area (Å²) in [5, 5.41) is 3.96. The maximum Gasteiger partial charge on any atom is 0.226 e. The van der Waals surface area contributed by atoms with Crippen LogP contribution in [0, 0.1) is 12.7 Å². The van der Waals surface area contributed by atoms with Gasteiger partial charge in [-0.1, -0.05) is 11.2 Å². The zero-order valence-electron chi connectivity index (χ0n) is 13.3. The highest BCUT2D eigenvalue weighted by Crippen LogP contribution is 2.25. The molecule has 23 heavy (non-hydrogen) atoms. The molecule has 5 nitrogen and oxygen atoms in total. The van der Waals surface area contributed by atoms with Gasteiger partial charge in [0.25, 0.3) is 0 Å². The third kappa shape index (κ3) is 3.32. The average molecular weight is 315 g/mol. The summed E-state index contributed by atoms with van der Waals surface area (Å²) < 4.78 is 23.9. The molecule has 0 fully saturated rings. The van der Waals surface area contributed by atoms with E-state index >= 15 is 0 Å². The SMILES string of the molecule is Cc1oc(-c2cccc(F)c2)nc1CN(C)[C@@H](C)c1ccon1. The van der Waals surface area contributed by atoms with Crippen LogP contribution in [0.4, 0.5) is 4.39 Å². The van der Waals surface area contributed by atoms with E-state index in [0.29, 0.717) is 18.0 Å². The van der Waals surface area contributed by atoms with Crippen LogP contribution in [-0.2, 0) is 6.54 Å². The van der Waals surface area contributed by atoms with E-state index in [4.69, 9.17) is 8.94 Å². The van der Waals surface area contributed by atoms with Crippen molar-refractivity contribution in [2.45, 2.75) is 26.4 Å². The van der Waals surface area contributed by atoms with Crippen molar-refractivity contribution in [1.82, 2.24) is 15.0 Å². The van der Waals surface area contributed by atoms with Crippen molar-refractivity contribution >= 4 is 0 Å². The van der Waals surface area contributed by atoms with Crippen LogP contribution in [0.5, 0.6) is 0 Å². The second-order valence-corrected chi connectivity index (χ2v) is 5.55. The van der Waals surface area contributed by atoms with Gasteiger partial charge in [0, 0.05) is 18.2 Å². The van der Waals surface area contributed by atoms with Gasteiger partial charge in [0.15, 0.2) is 0 Å². The Morgan fingerprint density at radius 1 is 1.30 bits per heavy atom. The lowest BCUT2D eigenvalue weighted by Crippen LogP contribution is -2.22. The van der Waals surface area contributed by atoms with Crippen molar-refractivity contribution in [3.05, 3.63) is 59.6 Å². The van der Waals surface area contributed by atoms with E-state index in [9.17, 15) is 4.39 Å². The minimum absolute atomic E-state index is 0.0856. The van der Waals surface area contributed by atoms with Gasteiger partial charge in [-0.15, -0.1) is 0 Å². The highest BCUT2D eigenvalue weighted by atomic mass is 19.1. The van der Waals surface area contributed by atoms with Gasteiger partial charge in [0.2, 0.25) is 5.89 Å². The molecule has 3 rings (SSSR count). The van der Waals surface area contributed by atoms with Crippen LogP contribution in [0.1, 0.15) is 30.1 Å². The molecule has 120 valence electrons. The summed E-state index contributed by atoms with van der Waals surface area (Å²) in [4.78, 5) is 6.60. The Morgan fingerprint density at radius 3 is 2.83 bits per heavy atom. The lowest BCUT2D eigenvalue weighted by molar-refractivity contribution is 0.237. The number of hydrogen-bond acceptors (Lipinski definition) is 5. The zero-order chi connectivity index (χ0) is 16.4. The third-order valence-corrected chi connectivity index (χ3v) is 3.91. The van der Waals surface area contributed by atoms with Crippen molar-refractivity contribution in [2.75, 3.05) is 7.05 Å². The van der Waals surface area contributed by atoms with Crippen LogP contribution >= 0.6 is 0 Å². The largest absolute Gasteiger partial charge is 0.441 e. The molecule has 0 saturated carbocycles. The lowest BCUT2D eigenvalue weighted by atomic mass is 10.2. The minimum Gasteiger partial charge on any atom is -0.441 e. The van der Waals surface area contributed by atoms with E-state index in [0.717, 1.165) is 17.1 Å². The molecule has 0 unspecified atom stereocenters. The topological polar surface area (TPSA) is 55.3 Å². The van der Waals surface area contributed by atoms with E-state index in [1.807, 2.05) is 27.0 Å². The molecule has 0 bridgehead atoms. The van der Waals surface area contributed by atoms with Gasteiger partial charge in [0.1, 0.15) is 23.5 Å². The molecule has 1 aromatic carbocycles. The molecule has 2 aromatic heterocycles.